The number of aliphatic hydroxyl groups excluding tert-OH is 1. The van der Waals surface area contributed by atoms with E-state index in [0.29, 0.717) is 15.8 Å². The van der Waals surface area contributed by atoms with Gasteiger partial charge in [0.2, 0.25) is 0 Å². The maximum absolute atomic E-state index is 9.93. The van der Waals surface area contributed by atoms with Crippen molar-refractivity contribution in [1.29, 1.82) is 0 Å². The molecule has 0 radical (unpaired) electrons. The van der Waals surface area contributed by atoms with E-state index in [4.69, 9.17) is 11.6 Å². The second-order valence-corrected chi connectivity index (χ2v) is 6.42. The Balaban J connectivity index is 2.23. The average Bonchev–Trinajstić information content (AvgIpc) is 2.76. The Morgan fingerprint density at radius 3 is 2.50 bits per heavy atom. The number of halogens is 2. The van der Waals surface area contributed by atoms with E-state index in [0.717, 1.165) is 18.2 Å². The van der Waals surface area contributed by atoms with Gasteiger partial charge in [-0.25, -0.2) is 0 Å². The zero-order chi connectivity index (χ0) is 10.7. The minimum atomic E-state index is -0.0992. The molecule has 0 bridgehead atoms. The highest BCUT2D eigenvalue weighted by atomic mass is 127. The molecule has 1 nitrogen and oxygen atoms in total. The van der Waals surface area contributed by atoms with Gasteiger partial charge < -0.3 is 5.11 Å². The van der Waals surface area contributed by atoms with Crippen molar-refractivity contribution >= 4 is 34.2 Å². The van der Waals surface area contributed by atoms with Crippen molar-refractivity contribution in [2.24, 2.45) is 17.8 Å². The number of unbranched alkanes of at least 4 members (excludes halogenated alkanes) is 1. The quantitative estimate of drug-likeness (QED) is 0.449. The van der Waals surface area contributed by atoms with E-state index < -0.39 is 0 Å². The van der Waals surface area contributed by atoms with Crippen molar-refractivity contribution in [2.45, 2.75) is 43.1 Å². The topological polar surface area (TPSA) is 20.2 Å². The van der Waals surface area contributed by atoms with Crippen LogP contribution in [0.5, 0.6) is 0 Å². The molecule has 0 aromatic carbocycles. The van der Waals surface area contributed by atoms with Crippen molar-refractivity contribution in [3.8, 4) is 0 Å². The number of aliphatic hydroxyl groups is 1. The molecule has 0 heterocycles. The smallest absolute Gasteiger partial charge is 0.0604 e. The van der Waals surface area contributed by atoms with Gasteiger partial charge in [-0.15, -0.1) is 11.6 Å². The average molecular weight is 331 g/mol. The molecule has 1 aliphatic rings. The maximum atomic E-state index is 9.93. The van der Waals surface area contributed by atoms with Crippen molar-refractivity contribution in [3.63, 3.8) is 0 Å². The van der Waals surface area contributed by atoms with Gasteiger partial charge in [-0.05, 0) is 24.7 Å². The molecule has 4 atom stereocenters. The summed E-state index contributed by atoms with van der Waals surface area (Å²) in [5.41, 5.74) is 0. The van der Waals surface area contributed by atoms with E-state index in [-0.39, 0.29) is 6.10 Å². The molecule has 0 aromatic heterocycles. The molecular formula is C11H20ClIO. The van der Waals surface area contributed by atoms with Gasteiger partial charge in [0.15, 0.2) is 0 Å². The fraction of sp³-hybridized carbons (Fsp3) is 1.00. The first-order valence-corrected chi connectivity index (χ1v) is 7.25. The molecule has 1 saturated carbocycles. The summed E-state index contributed by atoms with van der Waals surface area (Å²) in [5.74, 6) is 2.47. The van der Waals surface area contributed by atoms with Gasteiger partial charge in [-0.2, -0.15) is 0 Å². The zero-order valence-corrected chi connectivity index (χ0v) is 11.8. The van der Waals surface area contributed by atoms with Crippen LogP contribution >= 0.6 is 34.2 Å². The summed E-state index contributed by atoms with van der Waals surface area (Å²) < 4.78 is 0.695. The number of hydrogen-bond acceptors (Lipinski definition) is 1. The van der Waals surface area contributed by atoms with Crippen molar-refractivity contribution in [3.05, 3.63) is 0 Å². The Morgan fingerprint density at radius 1 is 1.36 bits per heavy atom. The van der Waals surface area contributed by atoms with Crippen LogP contribution in [0, 0.1) is 17.8 Å². The zero-order valence-electron chi connectivity index (χ0n) is 8.92. The van der Waals surface area contributed by atoms with E-state index in [1.165, 1.54) is 12.8 Å². The van der Waals surface area contributed by atoms with E-state index in [1.807, 2.05) is 0 Å². The molecule has 1 rings (SSSR count). The molecule has 1 fully saturated rings. The lowest BCUT2D eigenvalue weighted by atomic mass is 10.0. The third-order valence-electron chi connectivity index (χ3n) is 3.13. The number of hydrogen-bond donors (Lipinski definition) is 1. The summed E-state index contributed by atoms with van der Waals surface area (Å²) in [6.45, 7) is 4.20. The second-order valence-electron chi connectivity index (χ2n) is 4.61. The minimum absolute atomic E-state index is 0.0992. The predicted molar refractivity (Wildman–Crippen MR) is 70.2 cm³/mol. The molecule has 0 aliphatic heterocycles. The van der Waals surface area contributed by atoms with Gasteiger partial charge in [-0.3, -0.25) is 0 Å². The van der Waals surface area contributed by atoms with Gasteiger partial charge in [-0.1, -0.05) is 42.9 Å². The molecule has 14 heavy (non-hydrogen) atoms. The van der Waals surface area contributed by atoms with Crippen LogP contribution < -0.4 is 0 Å². The monoisotopic (exact) mass is 330 g/mol. The van der Waals surface area contributed by atoms with E-state index >= 15 is 0 Å². The summed E-state index contributed by atoms with van der Waals surface area (Å²) in [5, 5.41) is 9.93. The molecule has 1 aliphatic carbocycles. The van der Waals surface area contributed by atoms with Crippen LogP contribution in [-0.2, 0) is 0 Å². The third kappa shape index (κ3) is 3.24. The molecule has 0 unspecified atom stereocenters. The third-order valence-corrected chi connectivity index (χ3v) is 5.15. The maximum Gasteiger partial charge on any atom is 0.0604 e. The molecule has 1 N–H and O–H groups in total. The van der Waals surface area contributed by atoms with Gasteiger partial charge >= 0.3 is 0 Å². The lowest BCUT2D eigenvalue weighted by molar-refractivity contribution is 0.0976. The largest absolute Gasteiger partial charge is 0.393 e. The Hall–Kier alpha value is 0.980. The SMILES string of the molecule is CC(C)[C@@H](O)[C@@H]1[C@H](I)[C@H]1CCCCCl. The highest BCUT2D eigenvalue weighted by Gasteiger charge is 2.51. The van der Waals surface area contributed by atoms with Crippen LogP contribution in [0.25, 0.3) is 0 Å². The van der Waals surface area contributed by atoms with E-state index in [1.54, 1.807) is 0 Å². The Morgan fingerprint density at radius 2 is 2.00 bits per heavy atom. The van der Waals surface area contributed by atoms with Crippen molar-refractivity contribution in [2.75, 3.05) is 5.88 Å². The highest BCUT2D eigenvalue weighted by molar-refractivity contribution is 14.1. The molecule has 0 spiro atoms. The first-order chi connectivity index (χ1) is 6.59. The van der Waals surface area contributed by atoms with Crippen LogP contribution in [0.4, 0.5) is 0 Å². The first-order valence-electron chi connectivity index (χ1n) is 5.47. The summed E-state index contributed by atoms with van der Waals surface area (Å²) >= 11 is 8.13. The van der Waals surface area contributed by atoms with Gasteiger partial charge in [0.05, 0.1) is 6.10 Å². The molecule has 84 valence electrons. The van der Waals surface area contributed by atoms with Crippen LogP contribution in [-0.4, -0.2) is 21.0 Å². The predicted octanol–water partition coefficient (Wildman–Crippen LogP) is 3.46. The fourth-order valence-electron chi connectivity index (χ4n) is 2.07. The van der Waals surface area contributed by atoms with Crippen molar-refractivity contribution in [1.82, 2.24) is 0 Å². The lowest BCUT2D eigenvalue weighted by Crippen LogP contribution is -2.18. The Kier molecular flexibility index (Phi) is 5.50. The van der Waals surface area contributed by atoms with Gasteiger partial charge in [0, 0.05) is 15.7 Å². The van der Waals surface area contributed by atoms with Gasteiger partial charge in [0.1, 0.15) is 0 Å². The normalized spacial score (nSPS) is 33.4. The summed E-state index contributed by atoms with van der Waals surface area (Å²) in [6.07, 6.45) is 3.48. The lowest BCUT2D eigenvalue weighted by Gasteiger charge is -2.13. The molecule has 0 amide bonds. The first kappa shape index (κ1) is 13.0. The molecule has 0 aromatic rings. The fourth-order valence-corrected chi connectivity index (χ4v) is 3.82. The van der Waals surface area contributed by atoms with E-state index in [2.05, 4.69) is 36.4 Å². The second kappa shape index (κ2) is 5.90. The molecular weight excluding hydrogens is 310 g/mol. The summed E-state index contributed by atoms with van der Waals surface area (Å²) in [7, 11) is 0. The minimum Gasteiger partial charge on any atom is -0.393 e. The number of rotatable bonds is 6. The number of alkyl halides is 2. The van der Waals surface area contributed by atoms with Gasteiger partial charge in [0.25, 0.3) is 0 Å². The van der Waals surface area contributed by atoms with Crippen molar-refractivity contribution < 1.29 is 5.11 Å². The molecule has 3 heteroatoms. The summed E-state index contributed by atoms with van der Waals surface area (Å²) in [6, 6.07) is 0. The standard InChI is InChI=1S/C11H20ClIO/c1-7(2)11(14)9-8(10(9)13)5-3-4-6-12/h7-11,14H,3-6H2,1-2H3/t8-,9-,10+,11+/m0/s1. The van der Waals surface area contributed by atoms with Crippen LogP contribution in [0.1, 0.15) is 33.1 Å². The van der Waals surface area contributed by atoms with Crippen LogP contribution in [0.3, 0.4) is 0 Å². The highest BCUT2D eigenvalue weighted by Crippen LogP contribution is 2.52. The van der Waals surface area contributed by atoms with Crippen LogP contribution in [0.15, 0.2) is 0 Å². The Bertz CT molecular complexity index is 175. The molecule has 0 saturated heterocycles. The van der Waals surface area contributed by atoms with E-state index in [9.17, 15) is 5.11 Å². The van der Waals surface area contributed by atoms with Crippen LogP contribution in [0.2, 0.25) is 0 Å². The Labute approximate surface area is 106 Å². The summed E-state index contributed by atoms with van der Waals surface area (Å²) in [4.78, 5) is 0.